The van der Waals surface area contributed by atoms with Crippen LogP contribution >= 0.6 is 27.5 Å². The molecule has 0 saturated carbocycles. The van der Waals surface area contributed by atoms with Crippen molar-refractivity contribution in [3.63, 3.8) is 0 Å². The van der Waals surface area contributed by atoms with E-state index in [2.05, 4.69) is 15.9 Å². The summed E-state index contributed by atoms with van der Waals surface area (Å²) in [5.41, 5.74) is 0.518. The Bertz CT molecular complexity index is 223. The van der Waals surface area contributed by atoms with Gasteiger partial charge in [0.1, 0.15) is 0 Å². The zero-order valence-corrected chi connectivity index (χ0v) is 9.74. The van der Waals surface area contributed by atoms with Crippen LogP contribution in [0.3, 0.4) is 0 Å². The molecule has 0 N–H and O–H groups in total. The summed E-state index contributed by atoms with van der Waals surface area (Å²) in [4.78, 5) is 10.7. The first-order chi connectivity index (χ1) is 5.37. The third-order valence-electron chi connectivity index (χ3n) is 1.20. The van der Waals surface area contributed by atoms with Crippen LogP contribution in [-0.4, -0.2) is 9.57 Å². The Morgan fingerprint density at radius 1 is 1.50 bits per heavy atom. The predicted molar refractivity (Wildman–Crippen MR) is 56.8 cm³/mol. The van der Waals surface area contributed by atoms with Crippen LogP contribution in [0.2, 0.25) is 0 Å². The van der Waals surface area contributed by atoms with Gasteiger partial charge in [-0.1, -0.05) is 34.2 Å². The molecule has 3 heteroatoms. The Balaban J connectivity index is 4.44. The molecule has 0 amide bonds. The van der Waals surface area contributed by atoms with Gasteiger partial charge in [-0.2, -0.15) is 0 Å². The summed E-state index contributed by atoms with van der Waals surface area (Å²) in [6, 6.07) is 0. The molecule has 0 atom stereocenters. The minimum absolute atomic E-state index is 0.104. The Hall–Kier alpha value is -0.0800. The van der Waals surface area contributed by atoms with Crippen LogP contribution in [0.4, 0.5) is 0 Å². The number of carbonyl (C=O) groups excluding carboxylic acids is 1. The SMILES string of the molecule is CC=C(C=CC(C)(C)Br)C(=O)Cl. The highest BCUT2D eigenvalue weighted by atomic mass is 79.9. The van der Waals surface area contributed by atoms with E-state index in [-0.39, 0.29) is 4.32 Å². The van der Waals surface area contributed by atoms with Crippen LogP contribution in [0, 0.1) is 0 Å². The van der Waals surface area contributed by atoms with Gasteiger partial charge in [-0.3, -0.25) is 4.79 Å². The summed E-state index contributed by atoms with van der Waals surface area (Å²) in [7, 11) is 0. The molecule has 1 nitrogen and oxygen atoms in total. The number of hydrogen-bond donors (Lipinski definition) is 0. The fourth-order valence-electron chi connectivity index (χ4n) is 0.563. The number of rotatable bonds is 3. The van der Waals surface area contributed by atoms with E-state index in [9.17, 15) is 4.79 Å². The maximum Gasteiger partial charge on any atom is 0.252 e. The fourth-order valence-corrected chi connectivity index (χ4v) is 0.867. The van der Waals surface area contributed by atoms with Crippen LogP contribution in [-0.2, 0) is 4.79 Å². The normalized spacial score (nSPS) is 13.9. The van der Waals surface area contributed by atoms with Gasteiger partial charge in [0.25, 0.3) is 5.24 Å². The number of hydrogen-bond acceptors (Lipinski definition) is 1. The quantitative estimate of drug-likeness (QED) is 0.325. The van der Waals surface area contributed by atoms with Crippen molar-refractivity contribution in [2.75, 3.05) is 0 Å². The first-order valence-electron chi connectivity index (χ1n) is 3.61. The number of alkyl halides is 1. The van der Waals surface area contributed by atoms with Crippen molar-refractivity contribution < 1.29 is 4.79 Å². The smallest absolute Gasteiger partial charge is 0.252 e. The molecule has 0 saturated heterocycles. The monoisotopic (exact) mass is 250 g/mol. The van der Waals surface area contributed by atoms with Gasteiger partial charge < -0.3 is 0 Å². The third kappa shape index (κ3) is 5.56. The molecule has 0 aliphatic carbocycles. The molecule has 0 aliphatic heterocycles. The highest BCUT2D eigenvalue weighted by Crippen LogP contribution is 2.18. The average molecular weight is 252 g/mol. The number of allylic oxidation sites excluding steroid dienone is 4. The number of carbonyl (C=O) groups is 1. The Morgan fingerprint density at radius 3 is 2.25 bits per heavy atom. The van der Waals surface area contributed by atoms with E-state index in [0.717, 1.165) is 0 Å². The second-order valence-electron chi connectivity index (χ2n) is 2.92. The van der Waals surface area contributed by atoms with Gasteiger partial charge in [0, 0.05) is 9.90 Å². The second-order valence-corrected chi connectivity index (χ2v) is 5.30. The van der Waals surface area contributed by atoms with Gasteiger partial charge in [0.15, 0.2) is 0 Å². The predicted octanol–water partition coefficient (Wildman–Crippen LogP) is 3.43. The zero-order chi connectivity index (χ0) is 9.78. The van der Waals surface area contributed by atoms with Crippen LogP contribution in [0.1, 0.15) is 20.8 Å². The minimum atomic E-state index is -0.425. The van der Waals surface area contributed by atoms with Crippen molar-refractivity contribution in [1.82, 2.24) is 0 Å². The Kier molecular flexibility index (Phi) is 4.80. The largest absolute Gasteiger partial charge is 0.276 e. The molecule has 0 aromatic heterocycles. The lowest BCUT2D eigenvalue weighted by Gasteiger charge is -2.08. The molecule has 12 heavy (non-hydrogen) atoms. The fraction of sp³-hybridized carbons (Fsp3) is 0.444. The lowest BCUT2D eigenvalue weighted by Crippen LogP contribution is -2.03. The second kappa shape index (κ2) is 4.83. The van der Waals surface area contributed by atoms with Crippen molar-refractivity contribution >= 4 is 32.8 Å². The van der Waals surface area contributed by atoms with E-state index < -0.39 is 5.24 Å². The van der Waals surface area contributed by atoms with Gasteiger partial charge in [-0.05, 0) is 32.4 Å². The van der Waals surface area contributed by atoms with E-state index in [4.69, 9.17) is 11.6 Å². The molecule has 0 unspecified atom stereocenters. The highest BCUT2D eigenvalue weighted by Gasteiger charge is 2.08. The molecule has 0 aliphatic rings. The van der Waals surface area contributed by atoms with E-state index in [1.165, 1.54) is 0 Å². The molecular formula is C9H12BrClO. The molecule has 68 valence electrons. The lowest BCUT2D eigenvalue weighted by molar-refractivity contribution is -0.108. The summed E-state index contributed by atoms with van der Waals surface area (Å²) in [5.74, 6) is 0. The Morgan fingerprint density at radius 2 is 2.00 bits per heavy atom. The van der Waals surface area contributed by atoms with Gasteiger partial charge in [-0.15, -0.1) is 0 Å². The summed E-state index contributed by atoms with van der Waals surface area (Å²) in [6.07, 6.45) is 5.28. The highest BCUT2D eigenvalue weighted by molar-refractivity contribution is 9.10. The molecule has 0 aromatic carbocycles. The average Bonchev–Trinajstić information content (AvgIpc) is 1.85. The topological polar surface area (TPSA) is 17.1 Å². The van der Waals surface area contributed by atoms with Crippen molar-refractivity contribution in [1.29, 1.82) is 0 Å². The first kappa shape index (κ1) is 11.9. The van der Waals surface area contributed by atoms with E-state index in [1.54, 1.807) is 19.1 Å². The van der Waals surface area contributed by atoms with Crippen molar-refractivity contribution in [2.45, 2.75) is 25.1 Å². The van der Waals surface area contributed by atoms with Gasteiger partial charge >= 0.3 is 0 Å². The van der Waals surface area contributed by atoms with Crippen LogP contribution in [0.15, 0.2) is 23.8 Å². The van der Waals surface area contributed by atoms with Crippen molar-refractivity contribution in [3.05, 3.63) is 23.8 Å². The molecule has 0 radical (unpaired) electrons. The maximum absolute atomic E-state index is 10.7. The molecular weight excluding hydrogens is 239 g/mol. The summed E-state index contributed by atoms with van der Waals surface area (Å²) < 4.78 is -0.104. The maximum atomic E-state index is 10.7. The summed E-state index contributed by atoms with van der Waals surface area (Å²) >= 11 is 8.72. The van der Waals surface area contributed by atoms with Crippen LogP contribution in [0.5, 0.6) is 0 Å². The van der Waals surface area contributed by atoms with E-state index in [0.29, 0.717) is 5.57 Å². The standard InChI is InChI=1S/C9H12BrClO/c1-4-7(8(11)12)5-6-9(2,3)10/h4-6H,1-3H3. The molecule has 0 rings (SSSR count). The van der Waals surface area contributed by atoms with E-state index in [1.807, 2.05) is 19.9 Å². The molecule has 0 spiro atoms. The zero-order valence-electron chi connectivity index (χ0n) is 7.40. The van der Waals surface area contributed by atoms with Gasteiger partial charge in [0.2, 0.25) is 0 Å². The molecule has 0 bridgehead atoms. The van der Waals surface area contributed by atoms with Crippen LogP contribution in [0.25, 0.3) is 0 Å². The lowest BCUT2D eigenvalue weighted by atomic mass is 10.1. The molecule has 0 heterocycles. The molecule has 0 fully saturated rings. The minimum Gasteiger partial charge on any atom is -0.276 e. The summed E-state index contributed by atoms with van der Waals surface area (Å²) in [6.45, 7) is 5.74. The van der Waals surface area contributed by atoms with Crippen molar-refractivity contribution in [2.24, 2.45) is 0 Å². The summed E-state index contributed by atoms with van der Waals surface area (Å²) in [5, 5.41) is -0.425. The number of halogens is 2. The van der Waals surface area contributed by atoms with Gasteiger partial charge in [0.05, 0.1) is 0 Å². The molecule has 0 aromatic rings. The van der Waals surface area contributed by atoms with E-state index >= 15 is 0 Å². The van der Waals surface area contributed by atoms with Crippen LogP contribution < -0.4 is 0 Å². The third-order valence-corrected chi connectivity index (χ3v) is 1.68. The first-order valence-corrected chi connectivity index (χ1v) is 4.78. The van der Waals surface area contributed by atoms with Crippen molar-refractivity contribution in [3.8, 4) is 0 Å². The Labute approximate surface area is 86.6 Å². The van der Waals surface area contributed by atoms with Gasteiger partial charge in [-0.25, -0.2) is 0 Å².